The maximum absolute atomic E-state index is 4.85. The number of halogens is 1. The van der Waals surface area contributed by atoms with Crippen LogP contribution in [0.2, 0.25) is 0 Å². The summed E-state index contributed by atoms with van der Waals surface area (Å²) in [6.45, 7) is 5.50. The highest BCUT2D eigenvalue weighted by Gasteiger charge is 2.41. The second-order valence-corrected chi connectivity index (χ2v) is 6.58. The largest absolute Gasteiger partial charge is 0.265 e. The molecule has 0 aliphatic heterocycles. The Morgan fingerprint density at radius 2 is 2.11 bits per heavy atom. The average Bonchev–Trinajstić information content (AvgIpc) is 3.24. The van der Waals surface area contributed by atoms with Crippen molar-refractivity contribution in [1.29, 1.82) is 0 Å². The molecule has 0 spiro atoms. The number of aryl methyl sites for hydroxylation is 1. The van der Waals surface area contributed by atoms with Crippen molar-refractivity contribution < 1.29 is 0 Å². The zero-order valence-corrected chi connectivity index (χ0v) is 13.3. The number of fused-ring (bicyclic) bond motifs is 1. The van der Waals surface area contributed by atoms with Crippen LogP contribution in [0.3, 0.4) is 0 Å². The number of hydrogen-bond donors (Lipinski definition) is 0. The second kappa shape index (κ2) is 4.93. The topological polar surface area (TPSA) is 17.8 Å². The molecule has 0 bridgehead atoms. The molecule has 2 nitrogen and oxygen atoms in total. The third kappa shape index (κ3) is 2.33. The van der Waals surface area contributed by atoms with Gasteiger partial charge >= 0.3 is 0 Å². The van der Waals surface area contributed by atoms with Crippen molar-refractivity contribution in [3.05, 3.63) is 30.0 Å². The van der Waals surface area contributed by atoms with E-state index in [9.17, 15) is 0 Å². The quantitative estimate of drug-likeness (QED) is 0.746. The minimum atomic E-state index is 0.357. The first-order chi connectivity index (χ1) is 9.18. The van der Waals surface area contributed by atoms with E-state index in [2.05, 4.69) is 58.7 Å². The summed E-state index contributed by atoms with van der Waals surface area (Å²) in [5.74, 6) is 0.873. The highest BCUT2D eigenvalue weighted by atomic mass is 79.9. The Balaban J connectivity index is 2.00. The molecule has 0 N–H and O–H groups in total. The van der Waals surface area contributed by atoms with Crippen LogP contribution in [0.25, 0.3) is 10.9 Å². The van der Waals surface area contributed by atoms with E-state index in [1.165, 1.54) is 29.4 Å². The molecule has 2 aromatic rings. The predicted molar refractivity (Wildman–Crippen MR) is 83.7 cm³/mol. The highest BCUT2D eigenvalue weighted by Crippen LogP contribution is 2.48. The Hall–Kier alpha value is -0.830. The molecule has 1 fully saturated rings. The van der Waals surface area contributed by atoms with Crippen LogP contribution in [0.4, 0.5) is 0 Å². The molecule has 0 radical (unpaired) electrons. The molecule has 1 aromatic heterocycles. The molecule has 1 heterocycles. The van der Waals surface area contributed by atoms with Gasteiger partial charge in [-0.15, -0.1) is 0 Å². The van der Waals surface area contributed by atoms with Gasteiger partial charge in [-0.05, 0) is 43.6 Å². The summed E-state index contributed by atoms with van der Waals surface area (Å²) in [6.07, 6.45) is 3.85. The Labute approximate surface area is 123 Å². The second-order valence-electron chi connectivity index (χ2n) is 6.02. The number of aromatic nitrogens is 2. The molecular formula is C16H21BrN2. The monoisotopic (exact) mass is 320 g/mol. The van der Waals surface area contributed by atoms with Crippen LogP contribution < -0.4 is 0 Å². The summed E-state index contributed by atoms with van der Waals surface area (Å²) in [5, 5.41) is 7.24. The molecule has 0 amide bonds. The Bertz CT molecular complexity index is 585. The summed E-state index contributed by atoms with van der Waals surface area (Å²) >= 11 is 3.72. The molecule has 3 heteroatoms. The first kappa shape index (κ1) is 13.2. The lowest BCUT2D eigenvalue weighted by molar-refractivity contribution is 0.315. The Morgan fingerprint density at radius 1 is 1.37 bits per heavy atom. The summed E-state index contributed by atoms with van der Waals surface area (Å²) in [4.78, 5) is 0. The van der Waals surface area contributed by atoms with Crippen LogP contribution in [0.1, 0.15) is 32.4 Å². The molecule has 1 aliphatic carbocycles. The van der Waals surface area contributed by atoms with E-state index in [0.717, 1.165) is 24.2 Å². The highest BCUT2D eigenvalue weighted by molar-refractivity contribution is 9.09. The zero-order valence-electron chi connectivity index (χ0n) is 11.7. The smallest absolute Gasteiger partial charge is 0.0709 e. The minimum absolute atomic E-state index is 0.357. The van der Waals surface area contributed by atoms with Crippen LogP contribution in [0, 0.1) is 11.3 Å². The third-order valence-electron chi connectivity index (χ3n) is 4.47. The Morgan fingerprint density at radius 3 is 2.74 bits per heavy atom. The van der Waals surface area contributed by atoms with Crippen LogP contribution in [0.15, 0.2) is 24.3 Å². The van der Waals surface area contributed by atoms with E-state index >= 15 is 0 Å². The molecule has 102 valence electrons. The van der Waals surface area contributed by atoms with Crippen molar-refractivity contribution >= 4 is 26.8 Å². The van der Waals surface area contributed by atoms with Gasteiger partial charge in [0.2, 0.25) is 0 Å². The fraction of sp³-hybridized carbons (Fsp3) is 0.562. The fourth-order valence-electron chi connectivity index (χ4n) is 3.03. The normalized spacial score (nSPS) is 18.7. The molecule has 19 heavy (non-hydrogen) atoms. The number of nitrogens with zero attached hydrogens (tertiary/aromatic N) is 2. The molecule has 1 saturated carbocycles. The van der Waals surface area contributed by atoms with Crippen LogP contribution in [0.5, 0.6) is 0 Å². The SMILES string of the molecule is CCn1nc(CC(C)(CBr)C2CC2)c2ccccc21. The van der Waals surface area contributed by atoms with Gasteiger partial charge in [0.05, 0.1) is 11.2 Å². The fourth-order valence-corrected chi connectivity index (χ4v) is 3.69. The van der Waals surface area contributed by atoms with E-state index in [-0.39, 0.29) is 0 Å². The molecular weight excluding hydrogens is 300 g/mol. The van der Waals surface area contributed by atoms with Crippen LogP contribution in [-0.2, 0) is 13.0 Å². The van der Waals surface area contributed by atoms with Crippen LogP contribution >= 0.6 is 15.9 Å². The van der Waals surface area contributed by atoms with Gasteiger partial charge in [-0.25, -0.2) is 0 Å². The third-order valence-corrected chi connectivity index (χ3v) is 5.75. The van der Waals surface area contributed by atoms with Gasteiger partial charge < -0.3 is 0 Å². The van der Waals surface area contributed by atoms with Crippen molar-refractivity contribution in [2.45, 2.75) is 39.7 Å². The molecule has 1 atom stereocenters. The van der Waals surface area contributed by atoms with Gasteiger partial charge in [0.25, 0.3) is 0 Å². The lowest BCUT2D eigenvalue weighted by Crippen LogP contribution is -2.24. The van der Waals surface area contributed by atoms with E-state index < -0.39 is 0 Å². The van der Waals surface area contributed by atoms with Gasteiger partial charge in [-0.2, -0.15) is 5.10 Å². The summed E-state index contributed by atoms with van der Waals surface area (Å²) < 4.78 is 2.13. The lowest BCUT2D eigenvalue weighted by atomic mass is 9.82. The predicted octanol–water partition coefficient (Wildman–Crippen LogP) is 4.41. The first-order valence-corrected chi connectivity index (χ1v) is 8.30. The summed E-state index contributed by atoms with van der Waals surface area (Å²) in [6, 6.07) is 8.62. The molecule has 0 saturated heterocycles. The number of alkyl halides is 1. The van der Waals surface area contributed by atoms with Gasteiger partial charge in [0.15, 0.2) is 0 Å². The zero-order chi connectivity index (χ0) is 13.5. The van der Waals surface area contributed by atoms with Gasteiger partial charge in [0, 0.05) is 17.3 Å². The number of hydrogen-bond acceptors (Lipinski definition) is 1. The maximum atomic E-state index is 4.85. The van der Waals surface area contributed by atoms with Gasteiger partial charge in [0.1, 0.15) is 0 Å². The van der Waals surface area contributed by atoms with Crippen molar-refractivity contribution in [3.63, 3.8) is 0 Å². The van der Waals surface area contributed by atoms with E-state index in [1.54, 1.807) is 0 Å². The molecule has 1 aliphatic rings. The van der Waals surface area contributed by atoms with Crippen LogP contribution in [-0.4, -0.2) is 15.1 Å². The van der Waals surface area contributed by atoms with Crippen molar-refractivity contribution in [2.75, 3.05) is 5.33 Å². The van der Waals surface area contributed by atoms with Gasteiger partial charge in [-0.1, -0.05) is 41.1 Å². The van der Waals surface area contributed by atoms with E-state index in [0.29, 0.717) is 5.41 Å². The number of benzene rings is 1. The summed E-state index contributed by atoms with van der Waals surface area (Å²) in [7, 11) is 0. The van der Waals surface area contributed by atoms with E-state index in [4.69, 9.17) is 5.10 Å². The molecule has 3 rings (SSSR count). The number of rotatable bonds is 5. The Kier molecular flexibility index (Phi) is 3.42. The number of para-hydroxylation sites is 1. The van der Waals surface area contributed by atoms with Crippen molar-refractivity contribution in [1.82, 2.24) is 9.78 Å². The first-order valence-electron chi connectivity index (χ1n) is 7.18. The van der Waals surface area contributed by atoms with Crippen molar-refractivity contribution in [3.8, 4) is 0 Å². The molecule has 1 unspecified atom stereocenters. The van der Waals surface area contributed by atoms with Crippen molar-refractivity contribution in [2.24, 2.45) is 11.3 Å². The average molecular weight is 321 g/mol. The summed E-state index contributed by atoms with van der Waals surface area (Å²) in [5.41, 5.74) is 2.90. The van der Waals surface area contributed by atoms with E-state index in [1.807, 2.05) is 0 Å². The standard InChI is InChI=1S/C16H21BrN2/c1-3-19-15-7-5-4-6-13(15)14(18-19)10-16(2,11-17)12-8-9-12/h4-7,12H,3,8-11H2,1-2H3. The molecule has 1 aromatic carbocycles. The maximum Gasteiger partial charge on any atom is 0.0709 e. The van der Waals surface area contributed by atoms with Gasteiger partial charge in [-0.3, -0.25) is 4.68 Å². The minimum Gasteiger partial charge on any atom is -0.265 e. The lowest BCUT2D eigenvalue weighted by Gasteiger charge is -2.26.